The zero-order valence-corrected chi connectivity index (χ0v) is 27.7. The Balaban J connectivity index is 2.28. The van der Waals surface area contributed by atoms with Crippen LogP contribution in [0.3, 0.4) is 0 Å². The van der Waals surface area contributed by atoms with Crippen molar-refractivity contribution in [3.05, 3.63) is 23.3 Å². The van der Waals surface area contributed by atoms with E-state index in [0.29, 0.717) is 24.3 Å². The molecule has 1 rings (SSSR count). The number of carbonyl (C=O) groups is 2. The van der Waals surface area contributed by atoms with Gasteiger partial charge in [0.1, 0.15) is 11.5 Å². The van der Waals surface area contributed by atoms with Crippen LogP contribution in [-0.4, -0.2) is 38.4 Å². The number of unbranched alkanes of at least 4 members (excludes halogenated alkanes) is 18. The van der Waals surface area contributed by atoms with Crippen molar-refractivity contribution in [1.82, 2.24) is 0 Å². The molecule has 0 heterocycles. The predicted octanol–water partition coefficient (Wildman–Crippen LogP) is 9.34. The van der Waals surface area contributed by atoms with Crippen LogP contribution in [-0.2, 0) is 19.1 Å². The van der Waals surface area contributed by atoms with Crippen molar-refractivity contribution in [2.45, 2.75) is 142 Å². The van der Waals surface area contributed by atoms with Crippen LogP contribution in [0.1, 0.15) is 153 Å². The first-order valence-corrected chi connectivity index (χ1v) is 17.2. The van der Waals surface area contributed by atoms with E-state index in [2.05, 4.69) is 25.7 Å². The lowest BCUT2D eigenvalue weighted by Crippen LogP contribution is -2.17. The second-order valence-electron chi connectivity index (χ2n) is 11.5. The Morgan fingerprint density at radius 2 is 0.818 bits per heavy atom. The van der Waals surface area contributed by atoms with Gasteiger partial charge in [0.05, 0.1) is 24.3 Å². The molecule has 6 nitrogen and oxygen atoms in total. The van der Waals surface area contributed by atoms with Gasteiger partial charge in [-0.25, -0.2) is 9.59 Å². The first-order valence-electron chi connectivity index (χ1n) is 17.2. The Labute approximate surface area is 268 Å². The van der Waals surface area contributed by atoms with Crippen LogP contribution in [0.15, 0.2) is 12.1 Å². The fourth-order valence-corrected chi connectivity index (χ4v) is 4.93. The summed E-state index contributed by atoms with van der Waals surface area (Å²) in [7, 11) is 0. The van der Waals surface area contributed by atoms with Gasteiger partial charge in [0.2, 0.25) is 0 Å². The highest BCUT2D eigenvalue weighted by molar-refractivity contribution is 5.72. The summed E-state index contributed by atoms with van der Waals surface area (Å²) in [6.45, 7) is 4.66. The summed E-state index contributed by atoms with van der Waals surface area (Å²) >= 11 is 0. The van der Waals surface area contributed by atoms with Gasteiger partial charge in [-0.05, 0) is 12.8 Å². The lowest BCUT2D eigenvalue weighted by molar-refractivity contribution is -0.147. The molecule has 0 aromatic heterocycles. The average molecular weight is 611 g/mol. The monoisotopic (exact) mass is 610 g/mol. The predicted molar refractivity (Wildman–Crippen MR) is 179 cm³/mol. The molecule has 0 fully saturated rings. The van der Waals surface area contributed by atoms with Crippen molar-refractivity contribution in [2.24, 2.45) is 0 Å². The number of ether oxygens (including phenoxy) is 4. The van der Waals surface area contributed by atoms with E-state index in [1.807, 2.05) is 0 Å². The van der Waals surface area contributed by atoms with E-state index in [-0.39, 0.29) is 24.7 Å². The second kappa shape index (κ2) is 27.4. The number of hydrogen-bond acceptors (Lipinski definition) is 6. The highest BCUT2D eigenvalue weighted by atomic mass is 16.6. The van der Waals surface area contributed by atoms with E-state index in [0.717, 1.165) is 38.5 Å². The highest BCUT2D eigenvalue weighted by Gasteiger charge is 2.14. The van der Waals surface area contributed by atoms with Crippen molar-refractivity contribution >= 4 is 11.9 Å². The van der Waals surface area contributed by atoms with Gasteiger partial charge in [-0.2, -0.15) is 0 Å². The molecule has 0 saturated heterocycles. The maximum Gasteiger partial charge on any atom is 0.344 e. The minimum Gasteiger partial charge on any atom is -0.481 e. The molecule has 1 aromatic rings. The van der Waals surface area contributed by atoms with Gasteiger partial charge in [0.15, 0.2) is 13.2 Å². The standard InChI is InChI=1S/C38H58O6/c1-5-9-11-13-15-17-19-21-23-25-27-41-37(39)31-43-35-29-34(8-4)36(30-33(35)7-3)44-32-38(40)42-28-26-24-22-20-18-16-14-12-10-6-2/h3-4,29-30H,5-6,9-28,31-32H2,1-2H3. The van der Waals surface area contributed by atoms with Crippen LogP contribution in [0, 0.1) is 24.7 Å². The maximum absolute atomic E-state index is 12.2. The number of benzene rings is 1. The number of rotatable bonds is 28. The molecule has 0 spiro atoms. The Bertz CT molecular complexity index is 907. The summed E-state index contributed by atoms with van der Waals surface area (Å²) in [5.41, 5.74) is 0.723. The highest BCUT2D eigenvalue weighted by Crippen LogP contribution is 2.28. The third kappa shape index (κ3) is 20.0. The number of terminal acetylenes is 2. The van der Waals surface area contributed by atoms with Gasteiger partial charge >= 0.3 is 11.9 Å². The number of carbonyl (C=O) groups excluding carboxylic acids is 2. The van der Waals surface area contributed by atoms with Gasteiger partial charge in [0, 0.05) is 12.1 Å². The first-order chi connectivity index (χ1) is 21.5. The molecule has 0 saturated carbocycles. The topological polar surface area (TPSA) is 71.1 Å². The minimum absolute atomic E-state index is 0.276. The smallest absolute Gasteiger partial charge is 0.344 e. The molecule has 0 radical (unpaired) electrons. The molecule has 0 amide bonds. The zero-order chi connectivity index (χ0) is 32.1. The van der Waals surface area contributed by atoms with Gasteiger partial charge in [-0.15, -0.1) is 12.8 Å². The van der Waals surface area contributed by atoms with Crippen LogP contribution in [0.5, 0.6) is 11.5 Å². The fraction of sp³-hybridized carbons (Fsp3) is 0.684. The summed E-state index contributed by atoms with van der Waals surface area (Å²) in [6.07, 6.45) is 35.6. The van der Waals surface area contributed by atoms with Gasteiger partial charge < -0.3 is 18.9 Å². The van der Waals surface area contributed by atoms with Crippen molar-refractivity contribution < 1.29 is 28.5 Å². The fourth-order valence-electron chi connectivity index (χ4n) is 4.93. The Kier molecular flexibility index (Phi) is 24.3. The summed E-state index contributed by atoms with van der Waals surface area (Å²) < 4.78 is 21.9. The van der Waals surface area contributed by atoms with E-state index in [9.17, 15) is 9.59 Å². The molecule has 0 N–H and O–H groups in total. The van der Waals surface area contributed by atoms with Gasteiger partial charge in [0.25, 0.3) is 0 Å². The zero-order valence-electron chi connectivity index (χ0n) is 27.7. The average Bonchev–Trinajstić information content (AvgIpc) is 3.03. The SMILES string of the molecule is C#Cc1cc(OCC(=O)OCCCCCCCCCCCC)c(C#C)cc1OCC(=O)OCCCCCCCCCCCC. The third-order valence-corrected chi connectivity index (χ3v) is 7.61. The molecule has 0 aliphatic carbocycles. The summed E-state index contributed by atoms with van der Waals surface area (Å²) in [4.78, 5) is 24.4. The van der Waals surface area contributed by atoms with Crippen molar-refractivity contribution in [1.29, 1.82) is 0 Å². The molecular formula is C38H58O6. The van der Waals surface area contributed by atoms with Crippen LogP contribution in [0.25, 0.3) is 0 Å². The van der Waals surface area contributed by atoms with E-state index in [4.69, 9.17) is 31.8 Å². The van der Waals surface area contributed by atoms with Crippen molar-refractivity contribution in [2.75, 3.05) is 26.4 Å². The van der Waals surface area contributed by atoms with Crippen LogP contribution in [0.2, 0.25) is 0 Å². The number of hydrogen-bond donors (Lipinski definition) is 0. The Hall–Kier alpha value is -3.12. The van der Waals surface area contributed by atoms with Crippen LogP contribution < -0.4 is 9.47 Å². The summed E-state index contributed by atoms with van der Waals surface area (Å²) in [6, 6.07) is 3.07. The first kappa shape index (κ1) is 38.9. The minimum atomic E-state index is -0.461. The van der Waals surface area contributed by atoms with Crippen molar-refractivity contribution in [3.8, 4) is 36.2 Å². The molecule has 0 aliphatic rings. The molecule has 0 unspecified atom stereocenters. The maximum atomic E-state index is 12.2. The number of esters is 2. The normalized spacial score (nSPS) is 10.5. The Morgan fingerprint density at radius 1 is 0.523 bits per heavy atom. The van der Waals surface area contributed by atoms with Crippen LogP contribution in [0.4, 0.5) is 0 Å². The van der Waals surface area contributed by atoms with E-state index >= 15 is 0 Å². The molecule has 1 aromatic carbocycles. The van der Waals surface area contributed by atoms with E-state index < -0.39 is 11.9 Å². The van der Waals surface area contributed by atoms with Gasteiger partial charge in [-0.1, -0.05) is 141 Å². The van der Waals surface area contributed by atoms with Crippen LogP contribution >= 0.6 is 0 Å². The summed E-state index contributed by atoms with van der Waals surface area (Å²) in [5.74, 6) is 4.69. The summed E-state index contributed by atoms with van der Waals surface area (Å²) in [5, 5.41) is 0. The van der Waals surface area contributed by atoms with E-state index in [1.165, 1.54) is 102 Å². The lowest BCUT2D eigenvalue weighted by Gasteiger charge is -2.13. The van der Waals surface area contributed by atoms with Crippen molar-refractivity contribution in [3.63, 3.8) is 0 Å². The Morgan fingerprint density at radius 3 is 1.11 bits per heavy atom. The molecule has 0 atom stereocenters. The molecule has 44 heavy (non-hydrogen) atoms. The lowest BCUT2D eigenvalue weighted by atomic mass is 10.1. The quantitative estimate of drug-likeness (QED) is 0.0535. The van der Waals surface area contributed by atoms with Gasteiger partial charge in [-0.3, -0.25) is 0 Å². The second-order valence-corrected chi connectivity index (χ2v) is 11.5. The third-order valence-electron chi connectivity index (χ3n) is 7.61. The molecular weight excluding hydrogens is 552 g/mol. The molecule has 246 valence electrons. The van der Waals surface area contributed by atoms with E-state index in [1.54, 1.807) is 0 Å². The molecule has 0 aliphatic heterocycles. The molecule has 0 bridgehead atoms. The molecule has 6 heteroatoms. The largest absolute Gasteiger partial charge is 0.481 e.